The summed E-state index contributed by atoms with van der Waals surface area (Å²) in [6.07, 6.45) is 5.19. The molecule has 1 N–H and O–H groups in total. The fourth-order valence-electron chi connectivity index (χ4n) is 3.65. The highest BCUT2D eigenvalue weighted by Gasteiger charge is 2.33. The first-order valence-corrected chi connectivity index (χ1v) is 14.4. The number of hydrogen-bond acceptors (Lipinski definition) is 3. The molecule has 2 rings (SSSR count). The molecule has 164 valence electrons. The topological polar surface area (TPSA) is 64.3 Å². The number of aryl methyl sites for hydroxylation is 1. The first-order chi connectivity index (χ1) is 14.2. The van der Waals surface area contributed by atoms with Crippen LogP contribution in [0, 0.1) is 0 Å². The maximum Gasteiger partial charge on any atom is 0.332 e. The van der Waals surface area contributed by atoms with Crippen molar-refractivity contribution in [1.29, 1.82) is 0 Å². The number of carboxylic acid groups (broad SMARTS) is 1. The van der Waals surface area contributed by atoms with Gasteiger partial charge in [-0.15, -0.1) is 0 Å². The van der Waals surface area contributed by atoms with Crippen LogP contribution in [0.15, 0.2) is 42.1 Å². The van der Waals surface area contributed by atoms with E-state index in [0.717, 1.165) is 41.9 Å². The van der Waals surface area contributed by atoms with E-state index in [1.165, 1.54) is 0 Å². The third-order valence-corrected chi connectivity index (χ3v) is 7.15. The molecule has 2 aromatic rings. The summed E-state index contributed by atoms with van der Waals surface area (Å²) < 4.78 is 8.42. The molecule has 0 aliphatic heterocycles. The molecule has 0 saturated carbocycles. The summed E-state index contributed by atoms with van der Waals surface area (Å²) in [6, 6.07) is 9.74. The van der Waals surface area contributed by atoms with E-state index in [2.05, 4.69) is 31.1 Å². The van der Waals surface area contributed by atoms with Crippen molar-refractivity contribution in [3.05, 3.63) is 59.2 Å². The van der Waals surface area contributed by atoms with Crippen molar-refractivity contribution in [3.8, 4) is 0 Å². The summed E-state index contributed by atoms with van der Waals surface area (Å²) in [5.74, 6) is 0.00489. The number of benzene rings is 1. The number of aromatic nitrogens is 2. The lowest BCUT2D eigenvalue weighted by Gasteiger charge is -2.33. The lowest BCUT2D eigenvalue weighted by atomic mass is 9.99. The first-order valence-electron chi connectivity index (χ1n) is 10.9. The Hall–Kier alpha value is -2.18. The van der Waals surface area contributed by atoms with Crippen LogP contribution in [0.3, 0.4) is 0 Å². The molecule has 0 aliphatic carbocycles. The van der Waals surface area contributed by atoms with E-state index in [-0.39, 0.29) is 5.85 Å². The molecule has 1 atom stereocenters. The summed E-state index contributed by atoms with van der Waals surface area (Å²) in [5.41, 5.74) is 2.99. The zero-order chi connectivity index (χ0) is 22.3. The van der Waals surface area contributed by atoms with Gasteiger partial charge in [-0.25, -0.2) is 9.78 Å². The Morgan fingerprint density at radius 2 is 1.87 bits per heavy atom. The minimum Gasteiger partial charge on any atom is -0.478 e. The highest BCUT2D eigenvalue weighted by Crippen LogP contribution is 2.31. The van der Waals surface area contributed by atoms with E-state index in [1.54, 1.807) is 0 Å². The summed E-state index contributed by atoms with van der Waals surface area (Å²) in [5, 5.41) is 10.00. The Balaban J connectivity index is 2.63. The van der Waals surface area contributed by atoms with Crippen LogP contribution < -0.4 is 0 Å². The Kier molecular flexibility index (Phi) is 8.61. The van der Waals surface area contributed by atoms with E-state index in [4.69, 9.17) is 9.72 Å². The number of allylic oxidation sites excluding steroid dienone is 1. The van der Waals surface area contributed by atoms with Gasteiger partial charge in [0.05, 0.1) is 11.9 Å². The molecule has 30 heavy (non-hydrogen) atoms. The fraction of sp³-hybridized carbons (Fsp3) is 0.500. The average molecular weight is 429 g/mol. The first kappa shape index (κ1) is 24.1. The van der Waals surface area contributed by atoms with Gasteiger partial charge in [0.1, 0.15) is 19.7 Å². The second kappa shape index (κ2) is 10.7. The number of nitrogens with zero attached hydrogens (tertiary/aromatic N) is 2. The SMILES string of the molecule is CCCCc1ncc(/C(C)=C(/Cc2ccccc2)C(=O)O)n1C(OCC)[Si](C)(C)C. The zero-order valence-corrected chi connectivity index (χ0v) is 20.2. The maximum atomic E-state index is 12.2. The highest BCUT2D eigenvalue weighted by molar-refractivity contribution is 6.76. The lowest BCUT2D eigenvalue weighted by molar-refractivity contribution is -0.132. The van der Waals surface area contributed by atoms with Crippen molar-refractivity contribution >= 4 is 19.6 Å². The van der Waals surface area contributed by atoms with Crippen molar-refractivity contribution in [3.63, 3.8) is 0 Å². The molecule has 0 fully saturated rings. The standard InChI is InChI=1S/C24H36N2O3Si/c1-7-9-15-22-25-17-21(26(22)24(29-8-2)30(4,5)6)18(3)20(23(27)28)16-19-13-11-10-12-14-19/h10-14,17,24H,7-9,15-16H2,1-6H3,(H,27,28)/b20-18-. The van der Waals surface area contributed by atoms with E-state index in [0.29, 0.717) is 18.6 Å². The summed E-state index contributed by atoms with van der Waals surface area (Å²) in [4.78, 5) is 16.9. The van der Waals surface area contributed by atoms with Crippen LogP contribution >= 0.6 is 0 Å². The van der Waals surface area contributed by atoms with Gasteiger partial charge in [-0.2, -0.15) is 0 Å². The Labute approximate surface area is 181 Å². The average Bonchev–Trinajstić information content (AvgIpc) is 3.11. The Morgan fingerprint density at radius 3 is 2.40 bits per heavy atom. The van der Waals surface area contributed by atoms with E-state index in [1.807, 2.05) is 50.4 Å². The second-order valence-electron chi connectivity index (χ2n) is 8.78. The quantitative estimate of drug-likeness (QED) is 0.366. The monoisotopic (exact) mass is 428 g/mol. The molecule has 0 bridgehead atoms. The third kappa shape index (κ3) is 5.92. The Morgan fingerprint density at radius 1 is 1.20 bits per heavy atom. The fourth-order valence-corrected chi connectivity index (χ4v) is 5.38. The predicted octanol–water partition coefficient (Wildman–Crippen LogP) is 5.74. The molecule has 0 aliphatic rings. The molecular formula is C24H36N2O3Si. The maximum absolute atomic E-state index is 12.2. The van der Waals surface area contributed by atoms with Crippen LogP contribution in [-0.4, -0.2) is 35.3 Å². The van der Waals surface area contributed by atoms with Gasteiger partial charge in [-0.3, -0.25) is 0 Å². The van der Waals surface area contributed by atoms with Crippen LogP contribution in [-0.2, 0) is 22.4 Å². The highest BCUT2D eigenvalue weighted by atomic mass is 28.3. The van der Waals surface area contributed by atoms with Crippen molar-refractivity contribution < 1.29 is 14.6 Å². The molecule has 0 spiro atoms. The number of hydrogen-bond donors (Lipinski definition) is 1. The number of aliphatic carboxylic acids is 1. The van der Waals surface area contributed by atoms with Crippen LogP contribution in [0.25, 0.3) is 5.57 Å². The zero-order valence-electron chi connectivity index (χ0n) is 19.2. The molecule has 1 unspecified atom stereocenters. The van der Waals surface area contributed by atoms with E-state index in [9.17, 15) is 9.90 Å². The Bertz CT molecular complexity index is 866. The van der Waals surface area contributed by atoms with Crippen LogP contribution in [0.1, 0.15) is 56.5 Å². The predicted molar refractivity (Wildman–Crippen MR) is 125 cm³/mol. The number of imidazole rings is 1. The minimum atomic E-state index is -1.77. The minimum absolute atomic E-state index is 0.0893. The van der Waals surface area contributed by atoms with Crippen molar-refractivity contribution in [1.82, 2.24) is 9.55 Å². The van der Waals surface area contributed by atoms with Gasteiger partial charge in [0.15, 0.2) is 0 Å². The number of carbonyl (C=O) groups is 1. The van der Waals surface area contributed by atoms with Gasteiger partial charge in [-0.05, 0) is 31.4 Å². The molecule has 5 nitrogen and oxygen atoms in total. The molecule has 0 saturated heterocycles. The largest absolute Gasteiger partial charge is 0.478 e. The van der Waals surface area contributed by atoms with Gasteiger partial charge in [0, 0.05) is 25.0 Å². The molecule has 1 aromatic carbocycles. The number of rotatable bonds is 11. The van der Waals surface area contributed by atoms with E-state index >= 15 is 0 Å². The third-order valence-electron chi connectivity index (χ3n) is 5.25. The smallest absolute Gasteiger partial charge is 0.332 e. The van der Waals surface area contributed by atoms with E-state index < -0.39 is 14.0 Å². The lowest BCUT2D eigenvalue weighted by Crippen LogP contribution is -2.39. The van der Waals surface area contributed by atoms with Crippen LogP contribution in [0.5, 0.6) is 0 Å². The number of unbranched alkanes of at least 4 members (excludes halogenated alkanes) is 1. The van der Waals surface area contributed by atoms with Crippen molar-refractivity contribution in [2.24, 2.45) is 0 Å². The van der Waals surface area contributed by atoms with Crippen LogP contribution in [0.2, 0.25) is 19.6 Å². The summed E-state index contributed by atoms with van der Waals surface area (Å²) in [6.45, 7) is 13.5. The second-order valence-corrected chi connectivity index (χ2v) is 14.0. The molecule has 1 aromatic heterocycles. The van der Waals surface area contributed by atoms with Gasteiger partial charge in [-0.1, -0.05) is 63.3 Å². The molecule has 0 amide bonds. The molecular weight excluding hydrogens is 392 g/mol. The molecule has 6 heteroatoms. The summed E-state index contributed by atoms with van der Waals surface area (Å²) >= 11 is 0. The van der Waals surface area contributed by atoms with Crippen molar-refractivity contribution in [2.45, 2.75) is 71.9 Å². The van der Waals surface area contributed by atoms with Crippen molar-refractivity contribution in [2.75, 3.05) is 6.61 Å². The van der Waals surface area contributed by atoms with Gasteiger partial charge < -0.3 is 14.4 Å². The van der Waals surface area contributed by atoms with Gasteiger partial charge in [0.2, 0.25) is 0 Å². The molecule has 1 heterocycles. The van der Waals surface area contributed by atoms with Gasteiger partial charge >= 0.3 is 5.97 Å². The number of ether oxygens (including phenoxy) is 1. The summed E-state index contributed by atoms with van der Waals surface area (Å²) in [7, 11) is -1.77. The van der Waals surface area contributed by atoms with Crippen LogP contribution in [0.4, 0.5) is 0 Å². The van der Waals surface area contributed by atoms with Gasteiger partial charge in [0.25, 0.3) is 0 Å². The number of carboxylic acids is 1. The normalized spacial score (nSPS) is 13.8. The molecule has 0 radical (unpaired) electrons.